The summed E-state index contributed by atoms with van der Waals surface area (Å²) in [7, 11) is 0. The van der Waals surface area contributed by atoms with Crippen LogP contribution in [0, 0.1) is 6.92 Å². The Hall–Kier alpha value is -1.81. The molecule has 1 aromatic heterocycles. The topological polar surface area (TPSA) is 60.9 Å². The Morgan fingerprint density at radius 2 is 2.29 bits per heavy atom. The van der Waals surface area contributed by atoms with Crippen molar-refractivity contribution >= 4 is 0 Å². The normalized spacial score (nSPS) is 12.6. The third kappa shape index (κ3) is 2.85. The van der Waals surface area contributed by atoms with Crippen molar-refractivity contribution in [3.05, 3.63) is 47.3 Å². The van der Waals surface area contributed by atoms with E-state index in [1.54, 1.807) is 12.3 Å². The van der Waals surface area contributed by atoms with Crippen molar-refractivity contribution in [2.45, 2.75) is 26.4 Å². The van der Waals surface area contributed by atoms with Crippen LogP contribution in [0.5, 0.6) is 5.75 Å². The molecule has 2 aromatic rings. The molecule has 0 saturated carbocycles. The van der Waals surface area contributed by atoms with Gasteiger partial charge < -0.3 is 10.4 Å². The number of rotatable bonds is 4. The number of aromatic nitrogens is 2. The highest BCUT2D eigenvalue weighted by molar-refractivity contribution is 5.37. The minimum atomic E-state index is 0.102. The van der Waals surface area contributed by atoms with Crippen LogP contribution >= 0.6 is 0 Å². The fourth-order valence-corrected chi connectivity index (χ4v) is 1.78. The molecule has 90 valence electrons. The van der Waals surface area contributed by atoms with E-state index in [-0.39, 0.29) is 6.04 Å². The first-order chi connectivity index (χ1) is 8.16. The molecule has 0 aliphatic rings. The zero-order chi connectivity index (χ0) is 12.3. The van der Waals surface area contributed by atoms with Crippen LogP contribution < -0.4 is 5.32 Å². The van der Waals surface area contributed by atoms with Crippen LogP contribution in [0.4, 0.5) is 0 Å². The van der Waals surface area contributed by atoms with Gasteiger partial charge in [0, 0.05) is 29.9 Å². The van der Waals surface area contributed by atoms with Crippen molar-refractivity contribution in [1.29, 1.82) is 0 Å². The fraction of sp³-hybridized carbons (Fsp3) is 0.308. The monoisotopic (exact) mass is 231 g/mol. The summed E-state index contributed by atoms with van der Waals surface area (Å²) in [6, 6.07) is 5.85. The van der Waals surface area contributed by atoms with Crippen LogP contribution in [0.25, 0.3) is 0 Å². The maximum atomic E-state index is 9.86. The van der Waals surface area contributed by atoms with E-state index in [4.69, 9.17) is 0 Å². The standard InChI is InChI=1S/C13H17N3O/c1-9-3-4-12(13(17)5-9)10(2)14-6-11-7-15-16-8-11/h3-5,7-8,10,14,17H,6H2,1-2H3,(H,15,16). The van der Waals surface area contributed by atoms with Crippen molar-refractivity contribution in [3.63, 3.8) is 0 Å². The predicted molar refractivity (Wildman–Crippen MR) is 66.7 cm³/mol. The molecule has 0 saturated heterocycles. The summed E-state index contributed by atoms with van der Waals surface area (Å²) in [4.78, 5) is 0. The van der Waals surface area contributed by atoms with E-state index >= 15 is 0 Å². The van der Waals surface area contributed by atoms with Gasteiger partial charge in [-0.25, -0.2) is 0 Å². The minimum Gasteiger partial charge on any atom is -0.508 e. The lowest BCUT2D eigenvalue weighted by Gasteiger charge is -2.15. The maximum absolute atomic E-state index is 9.86. The van der Waals surface area contributed by atoms with E-state index in [1.807, 2.05) is 32.2 Å². The van der Waals surface area contributed by atoms with Gasteiger partial charge in [-0.1, -0.05) is 12.1 Å². The van der Waals surface area contributed by atoms with Crippen LogP contribution in [0.1, 0.15) is 29.7 Å². The Labute approximate surface area is 101 Å². The molecule has 0 bridgehead atoms. The Balaban J connectivity index is 2.01. The second-order valence-electron chi connectivity index (χ2n) is 4.27. The first kappa shape index (κ1) is 11.7. The Morgan fingerprint density at radius 1 is 1.47 bits per heavy atom. The Kier molecular flexibility index (Phi) is 3.44. The summed E-state index contributed by atoms with van der Waals surface area (Å²) in [5.74, 6) is 0.345. The van der Waals surface area contributed by atoms with Gasteiger partial charge in [0.05, 0.1) is 6.20 Å². The number of hydrogen-bond donors (Lipinski definition) is 3. The van der Waals surface area contributed by atoms with Crippen LogP contribution in [0.15, 0.2) is 30.6 Å². The van der Waals surface area contributed by atoms with Crippen molar-refractivity contribution in [1.82, 2.24) is 15.5 Å². The molecule has 0 aliphatic carbocycles. The molecule has 0 amide bonds. The minimum absolute atomic E-state index is 0.102. The lowest BCUT2D eigenvalue weighted by Crippen LogP contribution is -2.17. The molecule has 3 N–H and O–H groups in total. The maximum Gasteiger partial charge on any atom is 0.120 e. The molecule has 0 radical (unpaired) electrons. The quantitative estimate of drug-likeness (QED) is 0.756. The SMILES string of the molecule is Cc1ccc(C(C)NCc2cn[nH]c2)c(O)c1. The van der Waals surface area contributed by atoms with Crippen molar-refractivity contribution in [2.24, 2.45) is 0 Å². The Bertz CT molecular complexity index is 479. The lowest BCUT2D eigenvalue weighted by molar-refractivity contribution is 0.452. The van der Waals surface area contributed by atoms with Gasteiger partial charge in [0.15, 0.2) is 0 Å². The van der Waals surface area contributed by atoms with Gasteiger partial charge in [0.2, 0.25) is 0 Å². The second-order valence-corrected chi connectivity index (χ2v) is 4.27. The first-order valence-electron chi connectivity index (χ1n) is 5.67. The van der Waals surface area contributed by atoms with Crippen molar-refractivity contribution in [2.75, 3.05) is 0 Å². The number of aromatic hydroxyl groups is 1. The molecule has 2 rings (SSSR count). The third-order valence-electron chi connectivity index (χ3n) is 2.82. The van der Waals surface area contributed by atoms with E-state index in [1.165, 1.54) is 0 Å². The summed E-state index contributed by atoms with van der Waals surface area (Å²) in [5, 5.41) is 19.9. The highest BCUT2D eigenvalue weighted by atomic mass is 16.3. The number of hydrogen-bond acceptors (Lipinski definition) is 3. The van der Waals surface area contributed by atoms with Gasteiger partial charge in [-0.15, -0.1) is 0 Å². The number of H-pyrrole nitrogens is 1. The molecule has 0 aliphatic heterocycles. The third-order valence-corrected chi connectivity index (χ3v) is 2.82. The largest absolute Gasteiger partial charge is 0.508 e. The summed E-state index contributed by atoms with van der Waals surface area (Å²) >= 11 is 0. The van der Waals surface area contributed by atoms with E-state index in [2.05, 4.69) is 15.5 Å². The number of nitrogens with one attached hydrogen (secondary N) is 2. The average molecular weight is 231 g/mol. The molecular weight excluding hydrogens is 214 g/mol. The lowest BCUT2D eigenvalue weighted by atomic mass is 10.0. The zero-order valence-corrected chi connectivity index (χ0v) is 10.1. The molecule has 4 nitrogen and oxygen atoms in total. The first-order valence-corrected chi connectivity index (χ1v) is 5.67. The number of phenols is 1. The van der Waals surface area contributed by atoms with Crippen molar-refractivity contribution < 1.29 is 5.11 Å². The van der Waals surface area contributed by atoms with Gasteiger partial charge in [0.1, 0.15) is 5.75 Å². The summed E-state index contributed by atoms with van der Waals surface area (Å²) in [6.07, 6.45) is 3.64. The van der Waals surface area contributed by atoms with Gasteiger partial charge in [-0.05, 0) is 25.5 Å². The van der Waals surface area contributed by atoms with E-state index < -0.39 is 0 Å². The molecule has 1 aromatic carbocycles. The second kappa shape index (κ2) is 5.01. The van der Waals surface area contributed by atoms with E-state index in [0.717, 1.165) is 23.2 Å². The molecule has 1 atom stereocenters. The summed E-state index contributed by atoms with van der Waals surface area (Å²) < 4.78 is 0. The Morgan fingerprint density at radius 3 is 2.94 bits per heavy atom. The highest BCUT2D eigenvalue weighted by Gasteiger charge is 2.09. The number of benzene rings is 1. The molecule has 0 spiro atoms. The molecule has 4 heteroatoms. The highest BCUT2D eigenvalue weighted by Crippen LogP contribution is 2.25. The molecule has 17 heavy (non-hydrogen) atoms. The fourth-order valence-electron chi connectivity index (χ4n) is 1.78. The van der Waals surface area contributed by atoms with Gasteiger partial charge >= 0.3 is 0 Å². The number of aromatic amines is 1. The smallest absolute Gasteiger partial charge is 0.120 e. The van der Waals surface area contributed by atoms with Gasteiger partial charge in [-0.2, -0.15) is 5.10 Å². The molecule has 1 unspecified atom stereocenters. The van der Waals surface area contributed by atoms with E-state index in [9.17, 15) is 5.11 Å². The van der Waals surface area contributed by atoms with Gasteiger partial charge in [-0.3, -0.25) is 5.10 Å². The van der Waals surface area contributed by atoms with Crippen LogP contribution in [0.2, 0.25) is 0 Å². The van der Waals surface area contributed by atoms with Gasteiger partial charge in [0.25, 0.3) is 0 Å². The van der Waals surface area contributed by atoms with Crippen molar-refractivity contribution in [3.8, 4) is 5.75 Å². The molecule has 1 heterocycles. The number of nitrogens with zero attached hydrogens (tertiary/aromatic N) is 1. The summed E-state index contributed by atoms with van der Waals surface area (Å²) in [5.41, 5.74) is 3.08. The summed E-state index contributed by atoms with van der Waals surface area (Å²) in [6.45, 7) is 4.72. The molecule has 0 fully saturated rings. The average Bonchev–Trinajstić information content (AvgIpc) is 2.78. The van der Waals surface area contributed by atoms with Crippen LogP contribution in [0.3, 0.4) is 0 Å². The predicted octanol–water partition coefficient (Wildman–Crippen LogP) is 2.27. The molecular formula is C13H17N3O. The van der Waals surface area contributed by atoms with Crippen LogP contribution in [-0.4, -0.2) is 15.3 Å². The van der Waals surface area contributed by atoms with Crippen LogP contribution in [-0.2, 0) is 6.54 Å². The van der Waals surface area contributed by atoms with E-state index in [0.29, 0.717) is 5.75 Å². The number of phenolic OH excluding ortho intramolecular Hbond substituents is 1. The number of aryl methyl sites for hydroxylation is 1. The zero-order valence-electron chi connectivity index (χ0n) is 10.1.